The molecule has 2 aromatic rings. The Bertz CT molecular complexity index is 626. The Morgan fingerprint density at radius 2 is 2.23 bits per heavy atom. The van der Waals surface area contributed by atoms with E-state index in [1.165, 1.54) is 30.2 Å². The van der Waals surface area contributed by atoms with Crippen LogP contribution in [0.5, 0.6) is 0 Å². The zero-order valence-corrected chi connectivity index (χ0v) is 13.6. The number of aliphatic carboxylic acids is 1. The van der Waals surface area contributed by atoms with Gasteiger partial charge in [-0.05, 0) is 12.1 Å². The van der Waals surface area contributed by atoms with Gasteiger partial charge < -0.3 is 15.2 Å². The molecule has 0 saturated heterocycles. The van der Waals surface area contributed by atoms with Crippen LogP contribution in [0, 0.1) is 0 Å². The number of nitrogens with zero attached hydrogens (tertiary/aromatic N) is 1. The first-order chi connectivity index (χ1) is 10.6. The Morgan fingerprint density at radius 1 is 1.45 bits per heavy atom. The largest absolute Gasteiger partial charge is 0.480 e. The predicted octanol–water partition coefficient (Wildman–Crippen LogP) is 1.99. The summed E-state index contributed by atoms with van der Waals surface area (Å²) in [5, 5.41) is 11.5. The van der Waals surface area contributed by atoms with Crippen LogP contribution >= 0.6 is 23.1 Å². The van der Waals surface area contributed by atoms with E-state index in [-0.39, 0.29) is 24.7 Å². The number of para-hydroxylation sites is 1. The predicted molar refractivity (Wildman–Crippen MR) is 86.4 cm³/mol. The van der Waals surface area contributed by atoms with Gasteiger partial charge in [0.05, 0.1) is 16.0 Å². The monoisotopic (exact) mass is 340 g/mol. The van der Waals surface area contributed by atoms with E-state index in [4.69, 9.17) is 9.84 Å². The molecule has 1 aromatic heterocycles. The van der Waals surface area contributed by atoms with Gasteiger partial charge in [-0.15, -0.1) is 11.3 Å². The number of benzene rings is 1. The second-order valence-corrected chi connectivity index (χ2v) is 6.73. The highest BCUT2D eigenvalue weighted by atomic mass is 32.2. The molecule has 1 atom stereocenters. The molecule has 1 heterocycles. The molecule has 0 aliphatic heterocycles. The molecule has 0 bridgehead atoms. The van der Waals surface area contributed by atoms with Crippen molar-refractivity contribution in [1.29, 1.82) is 0 Å². The number of ether oxygens (including phenoxy) is 1. The molecule has 0 fully saturated rings. The van der Waals surface area contributed by atoms with E-state index in [1.54, 1.807) is 0 Å². The molecule has 1 amide bonds. The Hall–Kier alpha value is -1.64. The van der Waals surface area contributed by atoms with Crippen molar-refractivity contribution in [2.75, 3.05) is 19.5 Å². The highest BCUT2D eigenvalue weighted by Crippen LogP contribution is 2.29. The van der Waals surface area contributed by atoms with Crippen LogP contribution in [0.25, 0.3) is 10.2 Å². The van der Waals surface area contributed by atoms with Crippen molar-refractivity contribution in [3.8, 4) is 0 Å². The maximum Gasteiger partial charge on any atom is 0.326 e. The van der Waals surface area contributed by atoms with Crippen molar-refractivity contribution in [2.45, 2.75) is 16.8 Å². The number of thioether (sulfide) groups is 1. The average Bonchev–Trinajstić information content (AvgIpc) is 2.92. The molecule has 0 aliphatic carbocycles. The number of rotatable bonds is 8. The molecule has 1 aromatic carbocycles. The first-order valence-electron chi connectivity index (χ1n) is 6.59. The van der Waals surface area contributed by atoms with Crippen molar-refractivity contribution in [3.63, 3.8) is 0 Å². The number of carbonyl (C=O) groups is 2. The van der Waals surface area contributed by atoms with E-state index in [0.717, 1.165) is 14.6 Å². The summed E-state index contributed by atoms with van der Waals surface area (Å²) in [4.78, 5) is 27.3. The fourth-order valence-corrected chi connectivity index (χ4v) is 3.65. The normalized spacial score (nSPS) is 12.2. The minimum atomic E-state index is -1.06. The number of thiazole rings is 1. The van der Waals surface area contributed by atoms with Crippen LogP contribution in [0.15, 0.2) is 28.6 Å². The Labute approximate surface area is 135 Å². The molecule has 2 N–H and O–H groups in total. The lowest BCUT2D eigenvalue weighted by atomic mass is 10.2. The molecule has 0 saturated carbocycles. The minimum Gasteiger partial charge on any atom is -0.480 e. The quantitative estimate of drug-likeness (QED) is 0.715. The number of carbonyl (C=O) groups excluding carboxylic acids is 1. The first-order valence-corrected chi connectivity index (χ1v) is 8.40. The number of aromatic nitrogens is 1. The number of nitrogens with one attached hydrogen (secondary N) is 1. The number of amides is 1. The van der Waals surface area contributed by atoms with Gasteiger partial charge >= 0.3 is 5.97 Å². The summed E-state index contributed by atoms with van der Waals surface area (Å²) in [6.45, 7) is 0.280. The van der Waals surface area contributed by atoms with Crippen LogP contribution in [0.1, 0.15) is 6.42 Å². The summed E-state index contributed by atoms with van der Waals surface area (Å²) in [5.41, 5.74) is 0.902. The van der Waals surface area contributed by atoms with Gasteiger partial charge in [0.1, 0.15) is 6.04 Å². The van der Waals surface area contributed by atoms with Crippen LogP contribution in [0.4, 0.5) is 0 Å². The number of fused-ring (bicyclic) bond motifs is 1. The molecule has 8 heteroatoms. The van der Waals surface area contributed by atoms with Crippen LogP contribution in [-0.4, -0.2) is 47.5 Å². The Kier molecular flexibility index (Phi) is 6.17. The standard InChI is InChI=1S/C14H16N2O4S2/c1-20-7-6-10(13(18)19)15-12(17)8-21-14-16-9-4-2-3-5-11(9)22-14/h2-5,10H,6-8H2,1H3,(H,15,17)(H,18,19). The summed E-state index contributed by atoms with van der Waals surface area (Å²) >= 11 is 2.82. The van der Waals surface area contributed by atoms with Crippen molar-refractivity contribution < 1.29 is 19.4 Å². The Balaban J connectivity index is 1.87. The lowest BCUT2D eigenvalue weighted by Gasteiger charge is -2.13. The summed E-state index contributed by atoms with van der Waals surface area (Å²) < 4.78 is 6.69. The van der Waals surface area contributed by atoms with Gasteiger partial charge in [0, 0.05) is 20.1 Å². The summed E-state index contributed by atoms with van der Waals surface area (Å²) in [7, 11) is 1.49. The molecule has 118 valence electrons. The van der Waals surface area contributed by atoms with Gasteiger partial charge in [-0.3, -0.25) is 4.79 Å². The molecule has 22 heavy (non-hydrogen) atoms. The number of carboxylic acid groups (broad SMARTS) is 1. The molecule has 6 nitrogen and oxygen atoms in total. The highest BCUT2D eigenvalue weighted by molar-refractivity contribution is 8.01. The van der Waals surface area contributed by atoms with E-state index < -0.39 is 12.0 Å². The third kappa shape index (κ3) is 4.69. The van der Waals surface area contributed by atoms with Crippen LogP contribution in [-0.2, 0) is 14.3 Å². The van der Waals surface area contributed by atoms with Gasteiger partial charge in [-0.25, -0.2) is 9.78 Å². The topological polar surface area (TPSA) is 88.5 Å². The van der Waals surface area contributed by atoms with Gasteiger partial charge in [-0.2, -0.15) is 0 Å². The smallest absolute Gasteiger partial charge is 0.326 e. The van der Waals surface area contributed by atoms with Gasteiger partial charge in [0.25, 0.3) is 0 Å². The van der Waals surface area contributed by atoms with Crippen molar-refractivity contribution >= 4 is 45.2 Å². The van der Waals surface area contributed by atoms with Crippen molar-refractivity contribution in [2.24, 2.45) is 0 Å². The van der Waals surface area contributed by atoms with Crippen molar-refractivity contribution in [1.82, 2.24) is 10.3 Å². The van der Waals surface area contributed by atoms with E-state index in [0.29, 0.717) is 0 Å². The molecule has 0 radical (unpaired) electrons. The van der Waals surface area contributed by atoms with E-state index in [2.05, 4.69) is 10.3 Å². The molecular weight excluding hydrogens is 324 g/mol. The minimum absolute atomic E-state index is 0.136. The number of hydrogen-bond donors (Lipinski definition) is 2. The number of carboxylic acids is 1. The highest BCUT2D eigenvalue weighted by Gasteiger charge is 2.19. The molecule has 0 spiro atoms. The summed E-state index contributed by atoms with van der Waals surface area (Å²) in [6.07, 6.45) is 0.239. The molecular formula is C14H16N2O4S2. The summed E-state index contributed by atoms with van der Waals surface area (Å²) in [5.74, 6) is -1.25. The van der Waals surface area contributed by atoms with E-state index in [1.807, 2.05) is 24.3 Å². The maximum absolute atomic E-state index is 11.9. The number of methoxy groups -OCH3 is 1. The van der Waals surface area contributed by atoms with Crippen LogP contribution in [0.3, 0.4) is 0 Å². The zero-order chi connectivity index (χ0) is 15.9. The molecule has 1 unspecified atom stereocenters. The Morgan fingerprint density at radius 3 is 2.91 bits per heavy atom. The second-order valence-electron chi connectivity index (χ2n) is 4.48. The van der Waals surface area contributed by atoms with Gasteiger partial charge in [0.15, 0.2) is 4.34 Å². The second kappa shape index (κ2) is 8.11. The van der Waals surface area contributed by atoms with Crippen molar-refractivity contribution in [3.05, 3.63) is 24.3 Å². The van der Waals surface area contributed by atoms with Crippen LogP contribution < -0.4 is 5.32 Å². The molecule has 2 rings (SSSR count). The lowest BCUT2D eigenvalue weighted by molar-refractivity contribution is -0.142. The van der Waals surface area contributed by atoms with E-state index >= 15 is 0 Å². The average molecular weight is 340 g/mol. The number of hydrogen-bond acceptors (Lipinski definition) is 6. The fourth-order valence-electron chi connectivity index (χ4n) is 1.77. The van der Waals surface area contributed by atoms with Gasteiger partial charge in [-0.1, -0.05) is 23.9 Å². The molecule has 0 aliphatic rings. The maximum atomic E-state index is 11.9. The SMILES string of the molecule is COCCC(NC(=O)CSc1nc2ccccc2s1)C(=O)O. The van der Waals surface area contributed by atoms with E-state index in [9.17, 15) is 9.59 Å². The van der Waals surface area contributed by atoms with Gasteiger partial charge in [0.2, 0.25) is 5.91 Å². The fraction of sp³-hybridized carbons (Fsp3) is 0.357. The first kappa shape index (κ1) is 16.7. The van der Waals surface area contributed by atoms with Crippen LogP contribution in [0.2, 0.25) is 0 Å². The lowest BCUT2D eigenvalue weighted by Crippen LogP contribution is -2.42. The summed E-state index contributed by atoms with van der Waals surface area (Å²) in [6, 6.07) is 6.82. The third-order valence-corrected chi connectivity index (χ3v) is 5.02. The third-order valence-electron chi connectivity index (χ3n) is 2.84. The zero-order valence-electron chi connectivity index (χ0n) is 11.9.